The summed E-state index contributed by atoms with van der Waals surface area (Å²) >= 11 is 1.48. The van der Waals surface area contributed by atoms with Crippen molar-refractivity contribution in [1.29, 1.82) is 0 Å². The molecule has 0 unspecified atom stereocenters. The number of carbonyl (C=O) groups is 1. The van der Waals surface area contributed by atoms with Crippen LogP contribution in [0.15, 0.2) is 12.1 Å². The zero-order valence-electron chi connectivity index (χ0n) is 9.44. The maximum Gasteiger partial charge on any atom is 0.270 e. The third-order valence-electron chi connectivity index (χ3n) is 2.42. The van der Waals surface area contributed by atoms with Gasteiger partial charge in [0.05, 0.1) is 5.01 Å². The first-order valence-corrected chi connectivity index (χ1v) is 5.75. The predicted molar refractivity (Wildman–Crippen MR) is 64.2 cm³/mol. The summed E-state index contributed by atoms with van der Waals surface area (Å²) in [5.74, 6) is -0.480. The molecule has 2 aromatic rings. The van der Waals surface area contributed by atoms with Crippen LogP contribution in [0.2, 0.25) is 0 Å². The number of nitrogens with zero attached hydrogens (tertiary/aromatic N) is 2. The van der Waals surface area contributed by atoms with Crippen molar-refractivity contribution in [2.24, 2.45) is 5.73 Å². The van der Waals surface area contributed by atoms with E-state index >= 15 is 0 Å². The largest absolute Gasteiger partial charge is 0.364 e. The molecule has 1 amide bonds. The van der Waals surface area contributed by atoms with Gasteiger partial charge in [-0.2, -0.15) is 0 Å². The van der Waals surface area contributed by atoms with Gasteiger partial charge >= 0.3 is 0 Å². The van der Waals surface area contributed by atoms with Crippen LogP contribution in [-0.4, -0.2) is 15.5 Å². The number of thiazole rings is 1. The Morgan fingerprint density at radius 3 is 2.38 bits per heavy atom. The molecule has 0 aliphatic carbocycles. The fourth-order valence-electron chi connectivity index (χ4n) is 1.72. The van der Waals surface area contributed by atoms with Gasteiger partial charge in [-0.25, -0.2) is 4.98 Å². The molecule has 2 N–H and O–H groups in total. The van der Waals surface area contributed by atoms with E-state index in [2.05, 4.69) is 4.98 Å². The topological polar surface area (TPSA) is 60.9 Å². The summed E-state index contributed by atoms with van der Waals surface area (Å²) < 4.78 is 2.00. The van der Waals surface area contributed by atoms with Gasteiger partial charge in [-0.05, 0) is 32.9 Å². The van der Waals surface area contributed by atoms with Crippen LogP contribution in [0.5, 0.6) is 0 Å². The number of hydrogen-bond donors (Lipinski definition) is 1. The van der Waals surface area contributed by atoms with Gasteiger partial charge in [-0.3, -0.25) is 4.79 Å². The number of hydrogen-bond acceptors (Lipinski definition) is 3. The Hall–Kier alpha value is -1.62. The second-order valence-electron chi connectivity index (χ2n) is 3.70. The lowest BCUT2D eigenvalue weighted by Gasteiger charge is -2.06. The maximum atomic E-state index is 11.3. The van der Waals surface area contributed by atoms with Crippen LogP contribution in [0.25, 0.3) is 5.00 Å². The number of aryl methyl sites for hydroxylation is 3. The van der Waals surface area contributed by atoms with E-state index in [9.17, 15) is 4.79 Å². The van der Waals surface area contributed by atoms with Crippen molar-refractivity contribution in [2.45, 2.75) is 20.8 Å². The Kier molecular flexibility index (Phi) is 2.55. The van der Waals surface area contributed by atoms with Gasteiger partial charge < -0.3 is 10.3 Å². The summed E-state index contributed by atoms with van der Waals surface area (Å²) in [5, 5.41) is 1.65. The van der Waals surface area contributed by atoms with Crippen molar-refractivity contribution in [3.05, 3.63) is 34.2 Å². The molecule has 2 heterocycles. The molecule has 0 radical (unpaired) electrons. The van der Waals surface area contributed by atoms with Crippen molar-refractivity contribution in [1.82, 2.24) is 9.55 Å². The quantitative estimate of drug-likeness (QED) is 0.865. The first kappa shape index (κ1) is 10.9. The van der Waals surface area contributed by atoms with Gasteiger partial charge in [0.25, 0.3) is 5.91 Å². The van der Waals surface area contributed by atoms with Gasteiger partial charge in [0.1, 0.15) is 5.00 Å². The van der Waals surface area contributed by atoms with Gasteiger partial charge in [-0.1, -0.05) is 0 Å². The normalized spacial score (nSPS) is 10.7. The van der Waals surface area contributed by atoms with E-state index in [1.54, 1.807) is 0 Å². The van der Waals surface area contributed by atoms with E-state index in [1.165, 1.54) is 11.3 Å². The Balaban J connectivity index is 2.68. The van der Waals surface area contributed by atoms with Gasteiger partial charge in [0, 0.05) is 11.4 Å². The van der Waals surface area contributed by atoms with Gasteiger partial charge in [0.2, 0.25) is 0 Å². The standard InChI is InChI=1S/C11H13N3OS/c1-6-4-5-7(2)14(6)11-9(10(12)15)13-8(3)16-11/h4-5H,1-3H3,(H2,12,15). The van der Waals surface area contributed by atoms with Crippen LogP contribution in [0.1, 0.15) is 26.9 Å². The molecule has 0 saturated heterocycles. The summed E-state index contributed by atoms with van der Waals surface area (Å²) in [5.41, 5.74) is 7.82. The fraction of sp³-hybridized carbons (Fsp3) is 0.273. The summed E-state index contributed by atoms with van der Waals surface area (Å²) in [6.07, 6.45) is 0. The molecule has 16 heavy (non-hydrogen) atoms. The maximum absolute atomic E-state index is 11.3. The van der Waals surface area contributed by atoms with Crippen LogP contribution in [0.4, 0.5) is 0 Å². The molecule has 4 nitrogen and oxygen atoms in total. The minimum absolute atomic E-state index is 0.352. The van der Waals surface area contributed by atoms with Crippen molar-refractivity contribution < 1.29 is 4.79 Å². The summed E-state index contributed by atoms with van der Waals surface area (Å²) in [6, 6.07) is 4.02. The molecule has 0 aromatic carbocycles. The summed E-state index contributed by atoms with van der Waals surface area (Å²) in [7, 11) is 0. The van der Waals surface area contributed by atoms with Crippen molar-refractivity contribution in [3.8, 4) is 5.00 Å². The second kappa shape index (κ2) is 3.75. The SMILES string of the molecule is Cc1nc(C(N)=O)c(-n2c(C)ccc2C)s1. The Morgan fingerprint density at radius 2 is 1.88 bits per heavy atom. The molecule has 0 aliphatic heterocycles. The molecular formula is C11H13N3OS. The number of carbonyl (C=O) groups excluding carboxylic acids is 1. The van der Waals surface area contributed by atoms with Gasteiger partial charge in [-0.15, -0.1) is 11.3 Å². The monoisotopic (exact) mass is 235 g/mol. The minimum Gasteiger partial charge on any atom is -0.364 e. The van der Waals surface area contributed by atoms with Crippen LogP contribution >= 0.6 is 11.3 Å². The van der Waals surface area contributed by atoms with Crippen LogP contribution in [0.3, 0.4) is 0 Å². The number of primary amides is 1. The number of nitrogens with two attached hydrogens (primary N) is 1. The fourth-order valence-corrected chi connectivity index (χ4v) is 2.76. The van der Waals surface area contributed by atoms with E-state index in [-0.39, 0.29) is 0 Å². The van der Waals surface area contributed by atoms with Crippen molar-refractivity contribution in [3.63, 3.8) is 0 Å². The highest BCUT2D eigenvalue weighted by Gasteiger charge is 2.17. The van der Waals surface area contributed by atoms with E-state index < -0.39 is 5.91 Å². The number of aromatic nitrogens is 2. The smallest absolute Gasteiger partial charge is 0.270 e. The zero-order chi connectivity index (χ0) is 11.9. The molecule has 2 rings (SSSR count). The second-order valence-corrected chi connectivity index (χ2v) is 4.88. The number of rotatable bonds is 2. The van der Waals surface area contributed by atoms with E-state index in [0.717, 1.165) is 21.4 Å². The highest BCUT2D eigenvalue weighted by molar-refractivity contribution is 7.14. The number of amides is 1. The molecule has 0 spiro atoms. The molecule has 5 heteroatoms. The molecule has 0 aliphatic rings. The lowest BCUT2D eigenvalue weighted by Crippen LogP contribution is -2.15. The van der Waals surface area contributed by atoms with E-state index in [0.29, 0.717) is 5.69 Å². The Morgan fingerprint density at radius 1 is 1.31 bits per heavy atom. The molecule has 0 atom stereocenters. The summed E-state index contributed by atoms with van der Waals surface area (Å²) in [4.78, 5) is 15.5. The van der Waals surface area contributed by atoms with Crippen molar-refractivity contribution >= 4 is 17.2 Å². The highest BCUT2D eigenvalue weighted by Crippen LogP contribution is 2.26. The van der Waals surface area contributed by atoms with Crippen molar-refractivity contribution in [2.75, 3.05) is 0 Å². The molecule has 0 saturated carbocycles. The Labute approximate surface area is 97.7 Å². The molecule has 84 valence electrons. The molecule has 0 fully saturated rings. The van der Waals surface area contributed by atoms with Crippen LogP contribution in [-0.2, 0) is 0 Å². The lowest BCUT2D eigenvalue weighted by atomic mass is 10.4. The van der Waals surface area contributed by atoms with Crippen LogP contribution in [0, 0.1) is 20.8 Å². The lowest BCUT2D eigenvalue weighted by molar-refractivity contribution is 0.0996. The average Bonchev–Trinajstić information content (AvgIpc) is 2.70. The van der Waals surface area contributed by atoms with Gasteiger partial charge in [0.15, 0.2) is 5.69 Å². The first-order valence-electron chi connectivity index (χ1n) is 4.93. The average molecular weight is 235 g/mol. The third kappa shape index (κ3) is 1.63. The third-order valence-corrected chi connectivity index (χ3v) is 3.38. The van der Waals surface area contributed by atoms with E-state index in [4.69, 9.17) is 5.73 Å². The highest BCUT2D eigenvalue weighted by atomic mass is 32.1. The summed E-state index contributed by atoms with van der Waals surface area (Å²) in [6.45, 7) is 5.86. The molecule has 2 aromatic heterocycles. The Bertz CT molecular complexity index is 534. The predicted octanol–water partition coefficient (Wildman–Crippen LogP) is 1.96. The minimum atomic E-state index is -0.480. The molecular weight excluding hydrogens is 222 g/mol. The van der Waals surface area contributed by atoms with Crippen LogP contribution < -0.4 is 5.73 Å². The van der Waals surface area contributed by atoms with E-state index in [1.807, 2.05) is 37.5 Å². The first-order chi connectivity index (χ1) is 7.50. The molecule has 0 bridgehead atoms. The zero-order valence-corrected chi connectivity index (χ0v) is 10.3.